The lowest BCUT2D eigenvalue weighted by molar-refractivity contribution is -0.116. The molecule has 3 rings (SSSR count). The average Bonchev–Trinajstić information content (AvgIpc) is 3.12. The number of carbonyl (C=O) groups is 3. The number of esters is 1. The highest BCUT2D eigenvalue weighted by Gasteiger charge is 2.28. The molecule has 0 saturated heterocycles. The van der Waals surface area contributed by atoms with Crippen molar-refractivity contribution in [1.82, 2.24) is 0 Å². The van der Waals surface area contributed by atoms with Crippen molar-refractivity contribution in [3.05, 3.63) is 40.3 Å². The molecule has 2 N–H and O–H groups in total. The van der Waals surface area contributed by atoms with E-state index in [1.54, 1.807) is 6.92 Å². The summed E-state index contributed by atoms with van der Waals surface area (Å²) < 4.78 is 5.27. The number of hydrogen-bond acceptors (Lipinski definition) is 6. The fraction of sp³-hybridized carbons (Fsp3) is 0.458. The summed E-state index contributed by atoms with van der Waals surface area (Å²) >= 11 is 2.90. The maximum absolute atomic E-state index is 13.0. The van der Waals surface area contributed by atoms with E-state index in [9.17, 15) is 14.4 Å². The summed E-state index contributed by atoms with van der Waals surface area (Å²) in [6.07, 6.45) is 5.18. The molecule has 32 heavy (non-hydrogen) atoms. The first kappa shape index (κ1) is 24.3. The molecule has 0 aliphatic heterocycles. The van der Waals surface area contributed by atoms with Crippen LogP contribution >= 0.6 is 23.1 Å². The van der Waals surface area contributed by atoms with Crippen molar-refractivity contribution in [3.8, 4) is 0 Å². The summed E-state index contributed by atoms with van der Waals surface area (Å²) in [4.78, 5) is 39.5. The Labute approximate surface area is 197 Å². The predicted molar refractivity (Wildman–Crippen MR) is 131 cm³/mol. The molecule has 1 aromatic heterocycles. The van der Waals surface area contributed by atoms with E-state index in [1.165, 1.54) is 28.0 Å². The van der Waals surface area contributed by atoms with Crippen molar-refractivity contribution in [2.75, 3.05) is 17.2 Å². The number of carbonyl (C=O) groups excluding carboxylic acids is 3. The van der Waals surface area contributed by atoms with Crippen LogP contribution in [0.1, 0.15) is 67.3 Å². The summed E-state index contributed by atoms with van der Waals surface area (Å²) in [5.41, 5.74) is 2.28. The lowest BCUT2D eigenvalue weighted by Gasteiger charge is -2.14. The summed E-state index contributed by atoms with van der Waals surface area (Å²) in [7, 11) is 0. The molecule has 0 bridgehead atoms. The van der Waals surface area contributed by atoms with Crippen LogP contribution in [0.3, 0.4) is 0 Å². The van der Waals surface area contributed by atoms with Gasteiger partial charge in [0.15, 0.2) is 0 Å². The minimum Gasteiger partial charge on any atom is -0.462 e. The summed E-state index contributed by atoms with van der Waals surface area (Å²) in [6, 6.07) is 7.48. The molecule has 6 nitrogen and oxygen atoms in total. The minimum atomic E-state index is -0.384. The van der Waals surface area contributed by atoms with Crippen molar-refractivity contribution in [2.45, 2.75) is 69.4 Å². The number of ether oxygens (including phenoxy) is 1. The van der Waals surface area contributed by atoms with Crippen LogP contribution in [-0.4, -0.2) is 29.6 Å². The van der Waals surface area contributed by atoms with E-state index in [-0.39, 0.29) is 23.0 Å². The fourth-order valence-corrected chi connectivity index (χ4v) is 5.85. The molecular weight excluding hydrogens is 444 g/mol. The maximum atomic E-state index is 13.0. The van der Waals surface area contributed by atoms with Gasteiger partial charge in [0.05, 0.1) is 17.4 Å². The third-order valence-electron chi connectivity index (χ3n) is 5.16. The Morgan fingerprint density at radius 3 is 2.69 bits per heavy atom. The largest absolute Gasteiger partial charge is 0.462 e. The molecule has 1 aliphatic carbocycles. The van der Waals surface area contributed by atoms with E-state index in [4.69, 9.17) is 4.74 Å². The molecule has 0 fully saturated rings. The molecule has 0 spiro atoms. The molecule has 1 atom stereocenters. The Balaban J connectivity index is 1.70. The van der Waals surface area contributed by atoms with Gasteiger partial charge in [-0.1, -0.05) is 13.0 Å². The Hall–Kier alpha value is -2.32. The van der Waals surface area contributed by atoms with Crippen LogP contribution < -0.4 is 10.6 Å². The maximum Gasteiger partial charge on any atom is 0.341 e. The first-order valence-electron chi connectivity index (χ1n) is 11.1. The van der Waals surface area contributed by atoms with Crippen LogP contribution in [0, 0.1) is 0 Å². The third-order valence-corrected chi connectivity index (χ3v) is 7.47. The number of nitrogens with one attached hydrogen (secondary N) is 2. The van der Waals surface area contributed by atoms with E-state index < -0.39 is 0 Å². The van der Waals surface area contributed by atoms with Gasteiger partial charge in [-0.3, -0.25) is 9.59 Å². The fourth-order valence-electron chi connectivity index (χ4n) is 3.64. The highest BCUT2D eigenvalue weighted by Crippen LogP contribution is 2.39. The number of thioether (sulfide) groups is 1. The highest BCUT2D eigenvalue weighted by atomic mass is 32.2. The van der Waals surface area contributed by atoms with Gasteiger partial charge in [0, 0.05) is 21.9 Å². The number of benzene rings is 1. The third kappa shape index (κ3) is 6.13. The molecule has 2 aromatic rings. The van der Waals surface area contributed by atoms with E-state index in [0.29, 0.717) is 23.6 Å². The number of aryl methyl sites for hydroxylation is 1. The molecule has 2 amide bonds. The van der Waals surface area contributed by atoms with Gasteiger partial charge < -0.3 is 15.4 Å². The van der Waals surface area contributed by atoms with Gasteiger partial charge in [0.2, 0.25) is 11.8 Å². The number of fused-ring (bicyclic) bond motifs is 1. The van der Waals surface area contributed by atoms with Crippen molar-refractivity contribution in [2.24, 2.45) is 0 Å². The van der Waals surface area contributed by atoms with Crippen molar-refractivity contribution >= 4 is 51.6 Å². The van der Waals surface area contributed by atoms with Crippen molar-refractivity contribution in [3.63, 3.8) is 0 Å². The number of rotatable bonds is 9. The lowest BCUT2D eigenvalue weighted by atomic mass is 9.95. The van der Waals surface area contributed by atoms with E-state index in [2.05, 4.69) is 10.6 Å². The molecule has 172 valence electrons. The zero-order valence-corrected chi connectivity index (χ0v) is 20.4. The number of anilines is 2. The number of hydrogen-bond donors (Lipinski definition) is 2. The first-order chi connectivity index (χ1) is 15.4. The molecule has 1 aliphatic rings. The van der Waals surface area contributed by atoms with Crippen molar-refractivity contribution in [1.29, 1.82) is 0 Å². The van der Waals surface area contributed by atoms with Gasteiger partial charge in [0.1, 0.15) is 5.00 Å². The van der Waals surface area contributed by atoms with Gasteiger partial charge in [-0.05, 0) is 69.7 Å². The van der Waals surface area contributed by atoms with Gasteiger partial charge >= 0.3 is 5.97 Å². The number of thiophene rings is 1. The quantitative estimate of drug-likeness (QED) is 0.362. The molecule has 1 heterocycles. The topological polar surface area (TPSA) is 84.5 Å². The average molecular weight is 475 g/mol. The van der Waals surface area contributed by atoms with Gasteiger partial charge in [-0.25, -0.2) is 4.79 Å². The molecule has 1 unspecified atom stereocenters. The summed E-state index contributed by atoms with van der Waals surface area (Å²) in [5, 5.41) is 6.07. The van der Waals surface area contributed by atoms with Crippen LogP contribution in [-0.2, 0) is 27.2 Å². The normalized spacial score (nSPS) is 13.7. The van der Waals surface area contributed by atoms with E-state index in [1.807, 2.05) is 38.1 Å². The predicted octanol–water partition coefficient (Wildman–Crippen LogP) is 5.66. The summed E-state index contributed by atoms with van der Waals surface area (Å²) in [5.74, 6) is -0.550. The Bertz CT molecular complexity index is 986. The zero-order valence-electron chi connectivity index (χ0n) is 18.8. The second kappa shape index (κ2) is 11.5. The van der Waals surface area contributed by atoms with Crippen molar-refractivity contribution < 1.29 is 19.1 Å². The second-order valence-electron chi connectivity index (χ2n) is 7.71. The van der Waals surface area contributed by atoms with E-state index >= 15 is 0 Å². The van der Waals surface area contributed by atoms with Crippen LogP contribution in [0.2, 0.25) is 0 Å². The molecular formula is C24H30N2O4S2. The smallest absolute Gasteiger partial charge is 0.341 e. The second-order valence-corrected chi connectivity index (χ2v) is 10.2. The van der Waals surface area contributed by atoms with Gasteiger partial charge in [-0.15, -0.1) is 23.1 Å². The standard InChI is InChI=1S/C24H30N2O4S2/c1-4-9-20(27)25-16-10-8-11-17(14-16)31-15(3)22(28)26-23-21(24(29)30-5-2)18-12-6-7-13-19(18)32-23/h8,10-11,14-15H,4-7,9,12-13H2,1-3H3,(H,25,27)(H,26,28). The highest BCUT2D eigenvalue weighted by molar-refractivity contribution is 8.00. The number of amides is 2. The molecule has 1 aromatic carbocycles. The lowest BCUT2D eigenvalue weighted by Crippen LogP contribution is -2.23. The molecule has 0 radical (unpaired) electrons. The minimum absolute atomic E-state index is 0.0198. The zero-order chi connectivity index (χ0) is 23.1. The monoisotopic (exact) mass is 474 g/mol. The first-order valence-corrected chi connectivity index (χ1v) is 12.8. The van der Waals surface area contributed by atoms with E-state index in [0.717, 1.165) is 48.3 Å². The van der Waals surface area contributed by atoms with Crippen LogP contribution in [0.15, 0.2) is 29.2 Å². The Kier molecular flexibility index (Phi) is 8.75. The van der Waals surface area contributed by atoms with Crippen LogP contribution in [0.5, 0.6) is 0 Å². The van der Waals surface area contributed by atoms with Gasteiger partial charge in [0.25, 0.3) is 0 Å². The van der Waals surface area contributed by atoms with Gasteiger partial charge in [-0.2, -0.15) is 0 Å². The summed E-state index contributed by atoms with van der Waals surface area (Å²) in [6.45, 7) is 5.88. The van der Waals surface area contributed by atoms with Crippen LogP contribution in [0.25, 0.3) is 0 Å². The Morgan fingerprint density at radius 2 is 1.94 bits per heavy atom. The molecule has 8 heteroatoms. The SMILES string of the molecule is CCCC(=O)Nc1cccc(SC(C)C(=O)Nc2sc3c(c2C(=O)OCC)CCCC3)c1. The Morgan fingerprint density at radius 1 is 1.16 bits per heavy atom. The van der Waals surface area contributed by atoms with Crippen LogP contribution in [0.4, 0.5) is 10.7 Å². The molecule has 0 saturated carbocycles.